The second-order valence-electron chi connectivity index (χ2n) is 5.99. The van der Waals surface area contributed by atoms with Crippen molar-refractivity contribution in [2.75, 3.05) is 13.6 Å². The van der Waals surface area contributed by atoms with E-state index in [2.05, 4.69) is 55.4 Å². The molecule has 1 N–H and O–H groups in total. The van der Waals surface area contributed by atoms with Gasteiger partial charge in [-0.15, -0.1) is 0 Å². The van der Waals surface area contributed by atoms with Crippen LogP contribution in [0.1, 0.15) is 37.8 Å². The molecule has 0 unspecified atom stereocenters. The number of benzene rings is 1. The third kappa shape index (κ3) is 4.43. The summed E-state index contributed by atoms with van der Waals surface area (Å²) in [6.45, 7) is 7.64. The summed E-state index contributed by atoms with van der Waals surface area (Å²) in [7, 11) is 2.23. The molecule has 2 rings (SSSR count). The first kappa shape index (κ1) is 13.6. The molecule has 100 valence electrons. The Morgan fingerprint density at radius 3 is 2.33 bits per heavy atom. The van der Waals surface area contributed by atoms with E-state index in [0.29, 0.717) is 0 Å². The van der Waals surface area contributed by atoms with Gasteiger partial charge in [0, 0.05) is 19.1 Å². The van der Waals surface area contributed by atoms with E-state index in [0.717, 1.165) is 31.6 Å². The fourth-order valence-electron chi connectivity index (χ4n) is 2.20. The van der Waals surface area contributed by atoms with Crippen LogP contribution in [0.2, 0.25) is 0 Å². The van der Waals surface area contributed by atoms with Crippen LogP contribution in [-0.4, -0.2) is 24.5 Å². The van der Waals surface area contributed by atoms with Crippen molar-refractivity contribution in [3.05, 3.63) is 35.4 Å². The van der Waals surface area contributed by atoms with E-state index in [1.807, 2.05) is 0 Å². The van der Waals surface area contributed by atoms with Crippen molar-refractivity contribution in [1.29, 1.82) is 0 Å². The highest BCUT2D eigenvalue weighted by Crippen LogP contribution is 2.26. The van der Waals surface area contributed by atoms with Gasteiger partial charge in [0.2, 0.25) is 0 Å². The summed E-state index contributed by atoms with van der Waals surface area (Å²) < 4.78 is 0. The fraction of sp³-hybridized carbons (Fsp3) is 0.625. The van der Waals surface area contributed by atoms with Crippen molar-refractivity contribution in [3.8, 4) is 0 Å². The number of hydrogen-bond donors (Lipinski definition) is 1. The maximum atomic E-state index is 3.48. The van der Waals surface area contributed by atoms with Gasteiger partial charge >= 0.3 is 0 Å². The van der Waals surface area contributed by atoms with Crippen LogP contribution in [0.3, 0.4) is 0 Å². The number of nitrogens with zero attached hydrogens (tertiary/aromatic N) is 1. The molecule has 0 atom stereocenters. The average molecular weight is 246 g/mol. The van der Waals surface area contributed by atoms with Gasteiger partial charge < -0.3 is 5.32 Å². The molecular formula is C16H26N2. The van der Waals surface area contributed by atoms with Crippen LogP contribution in [0.15, 0.2) is 24.3 Å². The Morgan fingerprint density at radius 1 is 1.17 bits per heavy atom. The Hall–Kier alpha value is -0.860. The zero-order valence-corrected chi connectivity index (χ0v) is 11.9. The standard InChI is InChI=1S/C16H26N2/c1-13(2)10-17-11-14-4-6-15(7-5-14)12-18(3)16-8-9-16/h4-7,13,16-17H,8-12H2,1-3H3. The van der Waals surface area contributed by atoms with Gasteiger partial charge in [0.25, 0.3) is 0 Å². The molecule has 1 aromatic rings. The fourth-order valence-corrected chi connectivity index (χ4v) is 2.20. The van der Waals surface area contributed by atoms with E-state index in [1.165, 1.54) is 24.0 Å². The van der Waals surface area contributed by atoms with Gasteiger partial charge in [-0.1, -0.05) is 38.1 Å². The average Bonchev–Trinajstić information content (AvgIpc) is 3.15. The van der Waals surface area contributed by atoms with Gasteiger partial charge in [-0.2, -0.15) is 0 Å². The quantitative estimate of drug-likeness (QED) is 0.795. The Labute approximate surface area is 111 Å². The van der Waals surface area contributed by atoms with Crippen molar-refractivity contribution >= 4 is 0 Å². The first-order chi connectivity index (χ1) is 8.65. The van der Waals surface area contributed by atoms with E-state index in [-0.39, 0.29) is 0 Å². The molecule has 0 radical (unpaired) electrons. The third-order valence-electron chi connectivity index (χ3n) is 3.51. The minimum absolute atomic E-state index is 0.719. The monoisotopic (exact) mass is 246 g/mol. The van der Waals surface area contributed by atoms with Crippen LogP contribution in [0.4, 0.5) is 0 Å². The first-order valence-corrected chi connectivity index (χ1v) is 7.14. The lowest BCUT2D eigenvalue weighted by molar-refractivity contribution is 0.316. The second kappa shape index (κ2) is 6.35. The molecule has 1 fully saturated rings. The van der Waals surface area contributed by atoms with E-state index in [1.54, 1.807) is 0 Å². The van der Waals surface area contributed by atoms with Crippen molar-refractivity contribution in [2.24, 2.45) is 5.92 Å². The normalized spacial score (nSPS) is 15.6. The molecule has 0 aliphatic heterocycles. The van der Waals surface area contributed by atoms with Gasteiger partial charge in [-0.25, -0.2) is 0 Å². The first-order valence-electron chi connectivity index (χ1n) is 7.14. The summed E-state index contributed by atoms with van der Waals surface area (Å²) in [6, 6.07) is 9.89. The Balaban J connectivity index is 1.77. The molecule has 1 aromatic carbocycles. The van der Waals surface area contributed by atoms with Crippen molar-refractivity contribution in [1.82, 2.24) is 10.2 Å². The summed E-state index contributed by atoms with van der Waals surface area (Å²) in [5.41, 5.74) is 2.81. The smallest absolute Gasteiger partial charge is 0.0233 e. The van der Waals surface area contributed by atoms with Crippen molar-refractivity contribution < 1.29 is 0 Å². The predicted octanol–water partition coefficient (Wildman–Crippen LogP) is 3.03. The minimum atomic E-state index is 0.719. The third-order valence-corrected chi connectivity index (χ3v) is 3.51. The molecule has 1 saturated carbocycles. The molecule has 0 aromatic heterocycles. The van der Waals surface area contributed by atoms with Gasteiger partial charge in [-0.3, -0.25) is 4.90 Å². The SMILES string of the molecule is CC(C)CNCc1ccc(CN(C)C2CC2)cc1. The van der Waals surface area contributed by atoms with E-state index in [9.17, 15) is 0 Å². The lowest BCUT2D eigenvalue weighted by Crippen LogP contribution is -2.20. The van der Waals surface area contributed by atoms with E-state index < -0.39 is 0 Å². The van der Waals surface area contributed by atoms with Gasteiger partial charge in [0.1, 0.15) is 0 Å². The lowest BCUT2D eigenvalue weighted by Gasteiger charge is -2.15. The largest absolute Gasteiger partial charge is 0.312 e. The maximum Gasteiger partial charge on any atom is 0.0233 e. The van der Waals surface area contributed by atoms with Crippen molar-refractivity contribution in [2.45, 2.75) is 45.8 Å². The molecule has 0 amide bonds. The summed E-state index contributed by atoms with van der Waals surface area (Å²) in [5.74, 6) is 0.719. The molecule has 0 bridgehead atoms. The molecular weight excluding hydrogens is 220 g/mol. The topological polar surface area (TPSA) is 15.3 Å². The van der Waals surface area contributed by atoms with Crippen LogP contribution in [0.25, 0.3) is 0 Å². The molecule has 2 heteroatoms. The molecule has 1 aliphatic rings. The maximum absolute atomic E-state index is 3.48. The summed E-state index contributed by atoms with van der Waals surface area (Å²) in [6.07, 6.45) is 2.77. The summed E-state index contributed by atoms with van der Waals surface area (Å²) in [5, 5.41) is 3.48. The van der Waals surface area contributed by atoms with Crippen LogP contribution in [-0.2, 0) is 13.1 Å². The lowest BCUT2D eigenvalue weighted by atomic mass is 10.1. The molecule has 0 spiro atoms. The van der Waals surface area contributed by atoms with Crippen LogP contribution >= 0.6 is 0 Å². The van der Waals surface area contributed by atoms with Crippen LogP contribution < -0.4 is 5.32 Å². The van der Waals surface area contributed by atoms with E-state index in [4.69, 9.17) is 0 Å². The molecule has 0 heterocycles. The van der Waals surface area contributed by atoms with Gasteiger partial charge in [-0.05, 0) is 43.5 Å². The predicted molar refractivity (Wildman–Crippen MR) is 77.5 cm³/mol. The van der Waals surface area contributed by atoms with Gasteiger partial charge in [0.05, 0.1) is 0 Å². The highest BCUT2D eigenvalue weighted by molar-refractivity contribution is 5.22. The van der Waals surface area contributed by atoms with Crippen LogP contribution in [0, 0.1) is 5.92 Å². The zero-order valence-electron chi connectivity index (χ0n) is 11.9. The minimum Gasteiger partial charge on any atom is -0.312 e. The second-order valence-corrected chi connectivity index (χ2v) is 5.99. The zero-order chi connectivity index (χ0) is 13.0. The van der Waals surface area contributed by atoms with Gasteiger partial charge in [0.15, 0.2) is 0 Å². The summed E-state index contributed by atoms with van der Waals surface area (Å²) in [4.78, 5) is 2.46. The molecule has 2 nitrogen and oxygen atoms in total. The molecule has 0 saturated heterocycles. The molecule has 1 aliphatic carbocycles. The number of rotatable bonds is 7. The molecule has 18 heavy (non-hydrogen) atoms. The highest BCUT2D eigenvalue weighted by Gasteiger charge is 2.25. The Morgan fingerprint density at radius 2 is 1.78 bits per heavy atom. The Kier molecular flexibility index (Phi) is 4.79. The number of nitrogens with one attached hydrogen (secondary N) is 1. The van der Waals surface area contributed by atoms with E-state index >= 15 is 0 Å². The number of hydrogen-bond acceptors (Lipinski definition) is 2. The Bertz CT molecular complexity index is 352. The highest BCUT2D eigenvalue weighted by atomic mass is 15.1. The van der Waals surface area contributed by atoms with Crippen molar-refractivity contribution in [3.63, 3.8) is 0 Å². The van der Waals surface area contributed by atoms with Crippen LogP contribution in [0.5, 0.6) is 0 Å². The summed E-state index contributed by atoms with van der Waals surface area (Å²) >= 11 is 0.